The molecule has 3 nitrogen and oxygen atoms in total. The summed E-state index contributed by atoms with van der Waals surface area (Å²) in [7, 11) is 1.66. The number of aryl methyl sites for hydroxylation is 1. The first-order valence-corrected chi connectivity index (χ1v) is 7.68. The third kappa shape index (κ3) is 2.56. The summed E-state index contributed by atoms with van der Waals surface area (Å²) in [6.45, 7) is 2.76. The molecule has 0 aliphatic heterocycles. The Morgan fingerprint density at radius 3 is 3.00 bits per heavy atom. The summed E-state index contributed by atoms with van der Waals surface area (Å²) in [4.78, 5) is 0. The number of benzene rings is 1. The lowest BCUT2D eigenvalue weighted by Gasteiger charge is -2.21. The molecule has 1 aromatic heterocycles. The van der Waals surface area contributed by atoms with E-state index < -0.39 is 0 Å². The van der Waals surface area contributed by atoms with E-state index in [9.17, 15) is 5.11 Å². The van der Waals surface area contributed by atoms with E-state index in [2.05, 4.69) is 17.6 Å². The van der Waals surface area contributed by atoms with Crippen LogP contribution >= 0.6 is 11.6 Å². The number of aliphatic hydroxyl groups excluding tert-OH is 1. The number of fused-ring (bicyclic) bond motifs is 1. The highest BCUT2D eigenvalue weighted by Crippen LogP contribution is 2.34. The van der Waals surface area contributed by atoms with E-state index in [0.29, 0.717) is 11.6 Å². The van der Waals surface area contributed by atoms with E-state index in [1.165, 1.54) is 5.69 Å². The van der Waals surface area contributed by atoms with Crippen LogP contribution in [0.1, 0.15) is 41.5 Å². The molecule has 0 spiro atoms. The third-order valence-electron chi connectivity index (χ3n) is 4.31. The molecule has 2 aromatic rings. The van der Waals surface area contributed by atoms with Crippen molar-refractivity contribution in [1.29, 1.82) is 0 Å². The number of methoxy groups -OCH3 is 1. The highest BCUT2D eigenvalue weighted by atomic mass is 35.5. The molecule has 4 heteroatoms. The van der Waals surface area contributed by atoms with Gasteiger partial charge < -0.3 is 14.4 Å². The second-order valence-electron chi connectivity index (χ2n) is 5.60. The molecule has 0 saturated heterocycles. The van der Waals surface area contributed by atoms with E-state index >= 15 is 0 Å². The molecule has 1 aromatic carbocycles. The van der Waals surface area contributed by atoms with Gasteiger partial charge in [-0.15, -0.1) is 0 Å². The van der Waals surface area contributed by atoms with E-state index in [0.717, 1.165) is 41.8 Å². The zero-order valence-corrected chi connectivity index (χ0v) is 13.2. The minimum atomic E-state index is -0.332. The summed E-state index contributed by atoms with van der Waals surface area (Å²) in [5, 5.41) is 10.9. The van der Waals surface area contributed by atoms with Crippen LogP contribution < -0.4 is 4.74 Å². The smallest absolute Gasteiger partial charge is 0.125 e. The lowest BCUT2D eigenvalue weighted by Crippen LogP contribution is -2.13. The molecule has 0 amide bonds. The van der Waals surface area contributed by atoms with Gasteiger partial charge in [0.05, 0.1) is 19.8 Å². The molecule has 1 unspecified atom stereocenters. The van der Waals surface area contributed by atoms with Gasteiger partial charge in [-0.05, 0) is 44.4 Å². The van der Waals surface area contributed by atoms with E-state index in [1.54, 1.807) is 7.11 Å². The fraction of sp³-hybridized carbons (Fsp3) is 0.412. The van der Waals surface area contributed by atoms with Crippen LogP contribution in [0.5, 0.6) is 5.75 Å². The zero-order chi connectivity index (χ0) is 15.0. The Morgan fingerprint density at radius 2 is 2.24 bits per heavy atom. The van der Waals surface area contributed by atoms with Crippen molar-refractivity contribution in [3.8, 4) is 5.75 Å². The summed E-state index contributed by atoms with van der Waals surface area (Å²) in [6.07, 6.45) is 2.55. The lowest BCUT2D eigenvalue weighted by atomic mass is 9.95. The van der Waals surface area contributed by atoms with Gasteiger partial charge in [-0.25, -0.2) is 0 Å². The Bertz CT molecular complexity index is 663. The topological polar surface area (TPSA) is 34.4 Å². The summed E-state index contributed by atoms with van der Waals surface area (Å²) >= 11 is 6.35. The second kappa shape index (κ2) is 5.74. The van der Waals surface area contributed by atoms with Crippen molar-refractivity contribution in [2.75, 3.05) is 7.11 Å². The van der Waals surface area contributed by atoms with E-state index in [-0.39, 0.29) is 6.10 Å². The van der Waals surface area contributed by atoms with Crippen LogP contribution in [0, 0.1) is 6.92 Å². The minimum Gasteiger partial charge on any atom is -0.496 e. The molecule has 0 fully saturated rings. The van der Waals surface area contributed by atoms with Gasteiger partial charge in [-0.3, -0.25) is 0 Å². The van der Waals surface area contributed by atoms with Crippen LogP contribution in [0.25, 0.3) is 0 Å². The van der Waals surface area contributed by atoms with Crippen molar-refractivity contribution >= 4 is 11.6 Å². The van der Waals surface area contributed by atoms with Crippen LogP contribution in [0.4, 0.5) is 0 Å². The largest absolute Gasteiger partial charge is 0.496 e. The predicted molar refractivity (Wildman–Crippen MR) is 84.2 cm³/mol. The normalized spacial score (nSPS) is 17.6. The Hall–Kier alpha value is -1.45. The van der Waals surface area contributed by atoms with Crippen molar-refractivity contribution in [3.05, 3.63) is 51.8 Å². The van der Waals surface area contributed by atoms with Crippen LogP contribution in [0.2, 0.25) is 5.02 Å². The quantitative estimate of drug-likeness (QED) is 0.934. The molecule has 1 aliphatic carbocycles. The molecule has 112 valence electrons. The number of aliphatic hydroxyl groups is 1. The lowest BCUT2D eigenvalue weighted by molar-refractivity contribution is 0.155. The van der Waals surface area contributed by atoms with Crippen molar-refractivity contribution in [3.63, 3.8) is 0 Å². The molecule has 0 radical (unpaired) electrons. The van der Waals surface area contributed by atoms with Crippen molar-refractivity contribution in [1.82, 2.24) is 4.57 Å². The minimum absolute atomic E-state index is 0.332. The average molecular weight is 306 g/mol. The highest BCUT2D eigenvalue weighted by Gasteiger charge is 2.23. The number of nitrogens with zero attached hydrogens (tertiary/aromatic N) is 1. The SMILES string of the molecule is COc1cccc(Cl)c1Cn1c(C)cc2c1CCCC2O. The summed E-state index contributed by atoms with van der Waals surface area (Å²) < 4.78 is 7.68. The Morgan fingerprint density at radius 1 is 1.43 bits per heavy atom. The first-order chi connectivity index (χ1) is 10.1. The standard InChI is InChI=1S/C17H20ClNO2/c1-11-9-12-15(6-4-7-16(12)20)19(11)10-13-14(18)5-3-8-17(13)21-2/h3,5,8-9,16,20H,4,6-7,10H2,1-2H3. The van der Waals surface area contributed by atoms with Gasteiger partial charge in [0.2, 0.25) is 0 Å². The van der Waals surface area contributed by atoms with Gasteiger partial charge in [0, 0.05) is 27.5 Å². The highest BCUT2D eigenvalue weighted by molar-refractivity contribution is 6.31. The van der Waals surface area contributed by atoms with Gasteiger partial charge in [-0.1, -0.05) is 17.7 Å². The molecule has 0 bridgehead atoms. The first-order valence-electron chi connectivity index (χ1n) is 7.30. The molecule has 3 rings (SSSR count). The summed E-state index contributed by atoms with van der Waals surface area (Å²) in [5.41, 5.74) is 4.45. The van der Waals surface area contributed by atoms with Crippen LogP contribution in [-0.4, -0.2) is 16.8 Å². The maximum Gasteiger partial charge on any atom is 0.125 e. The third-order valence-corrected chi connectivity index (χ3v) is 4.67. The van der Waals surface area contributed by atoms with Crippen molar-refractivity contribution in [2.24, 2.45) is 0 Å². The second-order valence-corrected chi connectivity index (χ2v) is 6.01. The molecule has 21 heavy (non-hydrogen) atoms. The molecular formula is C17H20ClNO2. The van der Waals surface area contributed by atoms with Gasteiger partial charge in [0.1, 0.15) is 5.75 Å². The molecule has 1 atom stereocenters. The van der Waals surface area contributed by atoms with E-state index in [4.69, 9.17) is 16.3 Å². The number of aromatic nitrogens is 1. The van der Waals surface area contributed by atoms with Crippen LogP contribution in [0.15, 0.2) is 24.3 Å². The first kappa shape index (κ1) is 14.5. The van der Waals surface area contributed by atoms with Crippen molar-refractivity contribution in [2.45, 2.75) is 38.8 Å². The summed E-state index contributed by atoms with van der Waals surface area (Å²) in [5.74, 6) is 0.806. The Balaban J connectivity index is 2.04. The fourth-order valence-corrected chi connectivity index (χ4v) is 3.43. The number of ether oxygens (including phenoxy) is 1. The predicted octanol–water partition coefficient (Wildman–Crippen LogP) is 3.88. The Kier molecular flexibility index (Phi) is 3.96. The molecule has 0 saturated carbocycles. The van der Waals surface area contributed by atoms with Crippen molar-refractivity contribution < 1.29 is 9.84 Å². The molecule has 1 N–H and O–H groups in total. The number of rotatable bonds is 3. The zero-order valence-electron chi connectivity index (χ0n) is 12.4. The van der Waals surface area contributed by atoms with E-state index in [1.807, 2.05) is 18.2 Å². The van der Waals surface area contributed by atoms with Gasteiger partial charge in [0.25, 0.3) is 0 Å². The fourth-order valence-electron chi connectivity index (χ4n) is 3.20. The molecule has 1 heterocycles. The van der Waals surface area contributed by atoms with Gasteiger partial charge >= 0.3 is 0 Å². The monoisotopic (exact) mass is 305 g/mol. The molecular weight excluding hydrogens is 286 g/mol. The summed E-state index contributed by atoms with van der Waals surface area (Å²) in [6, 6.07) is 7.82. The van der Waals surface area contributed by atoms with Crippen LogP contribution in [-0.2, 0) is 13.0 Å². The van der Waals surface area contributed by atoms with Gasteiger partial charge in [-0.2, -0.15) is 0 Å². The maximum absolute atomic E-state index is 10.2. The number of hydrogen-bond donors (Lipinski definition) is 1. The molecule has 1 aliphatic rings. The van der Waals surface area contributed by atoms with Crippen LogP contribution in [0.3, 0.4) is 0 Å². The van der Waals surface area contributed by atoms with Gasteiger partial charge in [0.15, 0.2) is 0 Å². The number of halogens is 1. The average Bonchev–Trinajstić information content (AvgIpc) is 2.79. The maximum atomic E-state index is 10.2. The number of hydrogen-bond acceptors (Lipinski definition) is 2. The Labute approximate surface area is 130 Å².